The van der Waals surface area contributed by atoms with Crippen molar-refractivity contribution < 1.29 is 4.70 Å². The molecular weight excluding hydrogens is 115 g/mol. The first kappa shape index (κ1) is 11.7. The van der Waals surface area contributed by atoms with Crippen molar-refractivity contribution in [2.75, 3.05) is 0 Å². The Hall–Kier alpha value is -0.0700. The van der Waals surface area contributed by atoms with Gasteiger partial charge in [0.15, 0.2) is 0 Å². The van der Waals surface area contributed by atoms with Gasteiger partial charge in [-0.05, 0) is 5.92 Å². The van der Waals surface area contributed by atoms with Gasteiger partial charge in [0.25, 0.3) is 0 Å². The summed E-state index contributed by atoms with van der Waals surface area (Å²) in [4.78, 5) is 0. The SMILES string of the molecule is CC.CC1CCCC1.F. The monoisotopic (exact) mass is 134 g/mol. The maximum Gasteiger partial charge on any atom is -0.0443 e. The molecule has 0 unspecified atom stereocenters. The Labute approximate surface area is 58.0 Å². The van der Waals surface area contributed by atoms with Crippen LogP contribution in [-0.4, -0.2) is 0 Å². The molecule has 0 spiro atoms. The summed E-state index contributed by atoms with van der Waals surface area (Å²) >= 11 is 0. The Morgan fingerprint density at radius 1 is 1.00 bits per heavy atom. The minimum Gasteiger partial charge on any atom is -0.269 e. The highest BCUT2D eigenvalue weighted by atomic mass is 19.0. The van der Waals surface area contributed by atoms with Crippen LogP contribution < -0.4 is 0 Å². The van der Waals surface area contributed by atoms with Crippen molar-refractivity contribution in [2.45, 2.75) is 46.5 Å². The van der Waals surface area contributed by atoms with E-state index in [9.17, 15) is 0 Å². The molecule has 0 bridgehead atoms. The Morgan fingerprint density at radius 3 is 1.44 bits per heavy atom. The number of halogens is 1. The average molecular weight is 134 g/mol. The van der Waals surface area contributed by atoms with Gasteiger partial charge in [-0.2, -0.15) is 0 Å². The molecule has 1 rings (SSSR count). The van der Waals surface area contributed by atoms with Gasteiger partial charge >= 0.3 is 0 Å². The number of hydrogen-bond donors (Lipinski definition) is 0. The van der Waals surface area contributed by atoms with Crippen LogP contribution in [0.15, 0.2) is 0 Å². The quantitative estimate of drug-likeness (QED) is 0.476. The molecule has 0 N–H and O–H groups in total. The minimum absolute atomic E-state index is 0. The first-order valence-electron chi connectivity index (χ1n) is 3.89. The van der Waals surface area contributed by atoms with Crippen LogP contribution in [0.4, 0.5) is 4.70 Å². The largest absolute Gasteiger partial charge is 0.269 e. The second-order valence-electron chi connectivity index (χ2n) is 2.39. The highest BCUT2D eigenvalue weighted by molar-refractivity contribution is 4.60. The molecule has 0 amide bonds. The Morgan fingerprint density at radius 2 is 1.33 bits per heavy atom. The van der Waals surface area contributed by atoms with Gasteiger partial charge < -0.3 is 0 Å². The summed E-state index contributed by atoms with van der Waals surface area (Å²) in [5.74, 6) is 1.05. The zero-order valence-electron chi connectivity index (χ0n) is 6.81. The van der Waals surface area contributed by atoms with Gasteiger partial charge in [-0.15, -0.1) is 0 Å². The summed E-state index contributed by atoms with van der Waals surface area (Å²) in [6.07, 6.45) is 5.95. The lowest BCUT2D eigenvalue weighted by atomic mass is 10.2. The van der Waals surface area contributed by atoms with Gasteiger partial charge in [0.05, 0.1) is 0 Å². The van der Waals surface area contributed by atoms with E-state index < -0.39 is 0 Å². The first-order chi connectivity index (χ1) is 3.89. The lowest BCUT2D eigenvalue weighted by molar-refractivity contribution is 0.612. The van der Waals surface area contributed by atoms with Gasteiger partial charge in [0.1, 0.15) is 0 Å². The lowest BCUT2D eigenvalue weighted by Gasteiger charge is -1.91. The summed E-state index contributed by atoms with van der Waals surface area (Å²) in [6.45, 7) is 6.34. The second-order valence-corrected chi connectivity index (χ2v) is 2.39. The fourth-order valence-electron chi connectivity index (χ4n) is 1.13. The van der Waals surface area contributed by atoms with E-state index in [0.717, 1.165) is 5.92 Å². The molecular formula is C8H19F. The molecule has 1 fully saturated rings. The van der Waals surface area contributed by atoms with Crippen LogP contribution in [-0.2, 0) is 0 Å². The fraction of sp³-hybridized carbons (Fsp3) is 1.00. The topological polar surface area (TPSA) is 0 Å². The van der Waals surface area contributed by atoms with E-state index in [1.807, 2.05) is 13.8 Å². The van der Waals surface area contributed by atoms with E-state index in [1.165, 1.54) is 25.7 Å². The van der Waals surface area contributed by atoms with E-state index in [1.54, 1.807) is 0 Å². The third-order valence-corrected chi connectivity index (χ3v) is 1.64. The van der Waals surface area contributed by atoms with Gasteiger partial charge in [-0.25, -0.2) is 0 Å². The van der Waals surface area contributed by atoms with Crippen LogP contribution in [0, 0.1) is 5.92 Å². The molecule has 1 saturated carbocycles. The molecule has 0 saturated heterocycles. The van der Waals surface area contributed by atoms with Crippen LogP contribution in [0.25, 0.3) is 0 Å². The van der Waals surface area contributed by atoms with Crippen LogP contribution >= 0.6 is 0 Å². The van der Waals surface area contributed by atoms with E-state index in [0.29, 0.717) is 0 Å². The molecule has 0 atom stereocenters. The van der Waals surface area contributed by atoms with E-state index in [-0.39, 0.29) is 4.70 Å². The molecule has 0 heterocycles. The molecule has 1 aliphatic rings. The molecule has 0 aromatic heterocycles. The predicted molar refractivity (Wildman–Crippen MR) is 41.5 cm³/mol. The highest BCUT2D eigenvalue weighted by Crippen LogP contribution is 2.22. The Balaban J connectivity index is 0. The molecule has 9 heavy (non-hydrogen) atoms. The van der Waals surface area contributed by atoms with Gasteiger partial charge in [0.2, 0.25) is 0 Å². The smallest absolute Gasteiger partial charge is 0.0443 e. The van der Waals surface area contributed by atoms with Crippen molar-refractivity contribution in [3.8, 4) is 0 Å². The standard InChI is InChI=1S/C6H12.C2H6.FH/c1-6-4-2-3-5-6;1-2;/h6H,2-5H2,1H3;1-2H3;1H. The molecule has 0 aliphatic heterocycles. The molecule has 0 radical (unpaired) electrons. The van der Waals surface area contributed by atoms with Crippen molar-refractivity contribution in [1.82, 2.24) is 0 Å². The second kappa shape index (κ2) is 7.93. The summed E-state index contributed by atoms with van der Waals surface area (Å²) in [5.41, 5.74) is 0. The zero-order chi connectivity index (χ0) is 6.41. The maximum absolute atomic E-state index is 2.34. The van der Waals surface area contributed by atoms with Crippen LogP contribution in [0.2, 0.25) is 0 Å². The van der Waals surface area contributed by atoms with Crippen LogP contribution in [0.3, 0.4) is 0 Å². The predicted octanol–water partition coefficient (Wildman–Crippen LogP) is 3.38. The molecule has 0 aromatic carbocycles. The normalized spacial score (nSPS) is 17.7. The molecule has 1 heteroatoms. The van der Waals surface area contributed by atoms with Gasteiger partial charge in [-0.3, -0.25) is 4.70 Å². The minimum atomic E-state index is 0. The summed E-state index contributed by atoms with van der Waals surface area (Å²) in [7, 11) is 0. The van der Waals surface area contributed by atoms with E-state index >= 15 is 0 Å². The number of hydrogen-bond acceptors (Lipinski definition) is 0. The first-order valence-corrected chi connectivity index (χ1v) is 3.89. The summed E-state index contributed by atoms with van der Waals surface area (Å²) in [5, 5.41) is 0. The third-order valence-electron chi connectivity index (χ3n) is 1.64. The fourth-order valence-corrected chi connectivity index (χ4v) is 1.13. The third kappa shape index (κ3) is 5.81. The molecule has 0 nitrogen and oxygen atoms in total. The summed E-state index contributed by atoms with van der Waals surface area (Å²) < 4.78 is 0. The van der Waals surface area contributed by atoms with Crippen LogP contribution in [0.1, 0.15) is 46.5 Å². The van der Waals surface area contributed by atoms with Crippen molar-refractivity contribution in [3.05, 3.63) is 0 Å². The zero-order valence-corrected chi connectivity index (χ0v) is 6.81. The Kier molecular flexibility index (Phi) is 10.3. The summed E-state index contributed by atoms with van der Waals surface area (Å²) in [6, 6.07) is 0. The highest BCUT2D eigenvalue weighted by Gasteiger charge is 2.07. The molecule has 58 valence electrons. The number of rotatable bonds is 0. The van der Waals surface area contributed by atoms with Gasteiger partial charge in [-0.1, -0.05) is 46.5 Å². The molecule has 0 aromatic rings. The van der Waals surface area contributed by atoms with Crippen molar-refractivity contribution in [2.24, 2.45) is 5.92 Å². The van der Waals surface area contributed by atoms with E-state index in [4.69, 9.17) is 0 Å². The molecule has 1 aliphatic carbocycles. The average Bonchev–Trinajstić information content (AvgIpc) is 2.24. The van der Waals surface area contributed by atoms with Crippen molar-refractivity contribution in [1.29, 1.82) is 0 Å². The van der Waals surface area contributed by atoms with Crippen LogP contribution in [0.5, 0.6) is 0 Å². The maximum atomic E-state index is 2.34. The van der Waals surface area contributed by atoms with Crippen molar-refractivity contribution >= 4 is 0 Å². The van der Waals surface area contributed by atoms with Gasteiger partial charge in [0, 0.05) is 0 Å². The Bertz CT molecular complexity index is 37.8. The van der Waals surface area contributed by atoms with Crippen molar-refractivity contribution in [3.63, 3.8) is 0 Å². The lowest BCUT2D eigenvalue weighted by Crippen LogP contribution is -1.78. The van der Waals surface area contributed by atoms with E-state index in [2.05, 4.69) is 6.92 Å².